The Labute approximate surface area is 166 Å². The molecule has 1 aliphatic rings. The number of carbonyl (C=O) groups excluding carboxylic acids is 1. The quantitative estimate of drug-likeness (QED) is 0.791. The number of benzene rings is 1. The van der Waals surface area contributed by atoms with Gasteiger partial charge in [0.25, 0.3) is 5.91 Å². The smallest absolute Gasteiger partial charge is 0.255 e. The summed E-state index contributed by atoms with van der Waals surface area (Å²) in [4.78, 5) is 18.9. The van der Waals surface area contributed by atoms with E-state index in [-0.39, 0.29) is 5.91 Å². The van der Waals surface area contributed by atoms with Crippen LogP contribution in [0.4, 0.5) is 5.69 Å². The minimum absolute atomic E-state index is 0.0722. The Morgan fingerprint density at radius 2 is 1.89 bits per heavy atom. The largest absolute Gasteiger partial charge is 0.493 e. The topological polar surface area (TPSA) is 63.7 Å². The molecule has 1 amide bonds. The number of aromatic nitrogens is 1. The van der Waals surface area contributed by atoms with Crippen molar-refractivity contribution in [2.75, 3.05) is 39.2 Å². The first kappa shape index (κ1) is 20.0. The van der Waals surface area contributed by atoms with Crippen molar-refractivity contribution in [3.8, 4) is 11.5 Å². The molecule has 0 atom stereocenters. The maximum atomic E-state index is 12.7. The van der Waals surface area contributed by atoms with Crippen molar-refractivity contribution in [2.45, 2.75) is 26.2 Å². The molecule has 6 nitrogen and oxygen atoms in total. The van der Waals surface area contributed by atoms with Crippen LogP contribution in [0.1, 0.15) is 35.7 Å². The summed E-state index contributed by atoms with van der Waals surface area (Å²) in [5, 5.41) is 3.36. The fourth-order valence-corrected chi connectivity index (χ4v) is 3.44. The molecule has 1 aliphatic heterocycles. The normalized spacial score (nSPS) is 14.6. The van der Waals surface area contributed by atoms with Gasteiger partial charge < -0.3 is 19.7 Å². The second-order valence-electron chi connectivity index (χ2n) is 7.30. The van der Waals surface area contributed by atoms with E-state index >= 15 is 0 Å². The molecule has 0 bridgehead atoms. The number of nitrogens with one attached hydrogen (secondary N) is 1. The number of pyridine rings is 1. The molecule has 2 aromatic rings. The summed E-state index contributed by atoms with van der Waals surface area (Å²) in [6, 6.07) is 7.81. The summed E-state index contributed by atoms with van der Waals surface area (Å²) in [5.41, 5.74) is 2.65. The van der Waals surface area contributed by atoms with Gasteiger partial charge in [-0.05, 0) is 48.9 Å². The lowest BCUT2D eigenvalue weighted by Gasteiger charge is -2.30. The minimum atomic E-state index is 0.0722. The van der Waals surface area contributed by atoms with Gasteiger partial charge >= 0.3 is 0 Å². The van der Waals surface area contributed by atoms with Gasteiger partial charge in [0.2, 0.25) is 0 Å². The van der Waals surface area contributed by atoms with E-state index in [4.69, 9.17) is 9.47 Å². The molecule has 0 spiro atoms. The summed E-state index contributed by atoms with van der Waals surface area (Å²) >= 11 is 0. The number of nitrogens with zero attached hydrogens (tertiary/aromatic N) is 2. The molecule has 0 unspecified atom stereocenters. The lowest BCUT2D eigenvalue weighted by atomic mass is 9.99. The molecule has 0 saturated carbocycles. The van der Waals surface area contributed by atoms with Gasteiger partial charge in [0.05, 0.1) is 25.5 Å². The number of ether oxygens (including phenoxy) is 2. The Hall–Kier alpha value is -2.76. The first-order chi connectivity index (χ1) is 13.6. The number of piperidine rings is 1. The van der Waals surface area contributed by atoms with Crippen LogP contribution in [0.15, 0.2) is 36.7 Å². The van der Waals surface area contributed by atoms with Crippen molar-refractivity contribution >= 4 is 11.6 Å². The average Bonchev–Trinajstić information content (AvgIpc) is 2.74. The van der Waals surface area contributed by atoms with Gasteiger partial charge in [-0.25, -0.2) is 0 Å². The van der Waals surface area contributed by atoms with Gasteiger partial charge in [-0.1, -0.05) is 13.0 Å². The highest BCUT2D eigenvalue weighted by Gasteiger charge is 2.21. The third kappa shape index (κ3) is 4.94. The van der Waals surface area contributed by atoms with Crippen LogP contribution in [0.3, 0.4) is 0 Å². The van der Waals surface area contributed by atoms with E-state index in [1.807, 2.05) is 29.2 Å². The van der Waals surface area contributed by atoms with Crippen LogP contribution in [-0.2, 0) is 6.42 Å². The van der Waals surface area contributed by atoms with Crippen LogP contribution in [0, 0.1) is 5.92 Å². The van der Waals surface area contributed by atoms with Crippen LogP contribution >= 0.6 is 0 Å². The average molecular weight is 383 g/mol. The molecular weight excluding hydrogens is 354 g/mol. The van der Waals surface area contributed by atoms with E-state index < -0.39 is 0 Å². The molecule has 2 heterocycles. The summed E-state index contributed by atoms with van der Waals surface area (Å²) in [7, 11) is 3.27. The van der Waals surface area contributed by atoms with Crippen molar-refractivity contribution < 1.29 is 14.3 Å². The SMILES string of the molecule is COc1ccc(CCNc2cncc(C(=O)N3CCC(C)CC3)c2)cc1OC. The highest BCUT2D eigenvalue weighted by Crippen LogP contribution is 2.27. The Kier molecular flexibility index (Phi) is 6.74. The van der Waals surface area contributed by atoms with Gasteiger partial charge in [-0.2, -0.15) is 0 Å². The molecule has 0 radical (unpaired) electrons. The van der Waals surface area contributed by atoms with Crippen molar-refractivity contribution in [2.24, 2.45) is 5.92 Å². The number of hydrogen-bond donors (Lipinski definition) is 1. The van der Waals surface area contributed by atoms with Crippen LogP contribution < -0.4 is 14.8 Å². The Morgan fingerprint density at radius 3 is 2.61 bits per heavy atom. The molecule has 6 heteroatoms. The number of amides is 1. The fraction of sp³-hybridized carbons (Fsp3) is 0.455. The second-order valence-corrected chi connectivity index (χ2v) is 7.30. The molecule has 3 rings (SSSR count). The van der Waals surface area contributed by atoms with Crippen molar-refractivity contribution in [3.63, 3.8) is 0 Å². The lowest BCUT2D eigenvalue weighted by molar-refractivity contribution is 0.0697. The third-order valence-electron chi connectivity index (χ3n) is 5.25. The number of anilines is 1. The predicted molar refractivity (Wildman–Crippen MR) is 110 cm³/mol. The van der Waals surface area contributed by atoms with E-state index in [1.54, 1.807) is 26.6 Å². The van der Waals surface area contributed by atoms with Gasteiger partial charge in [0.1, 0.15) is 0 Å². The van der Waals surface area contributed by atoms with E-state index in [1.165, 1.54) is 0 Å². The zero-order valence-electron chi connectivity index (χ0n) is 16.9. The van der Waals surface area contributed by atoms with Gasteiger partial charge in [-0.15, -0.1) is 0 Å². The van der Waals surface area contributed by atoms with Crippen LogP contribution in [0.5, 0.6) is 11.5 Å². The Balaban J connectivity index is 1.57. The lowest BCUT2D eigenvalue weighted by Crippen LogP contribution is -2.37. The van der Waals surface area contributed by atoms with Crippen molar-refractivity contribution in [1.29, 1.82) is 0 Å². The van der Waals surface area contributed by atoms with Crippen LogP contribution in [0.25, 0.3) is 0 Å². The molecule has 0 aliphatic carbocycles. The number of rotatable bonds is 7. The predicted octanol–water partition coefficient (Wildman–Crippen LogP) is 3.63. The van der Waals surface area contributed by atoms with Crippen LogP contribution in [0.2, 0.25) is 0 Å². The summed E-state index contributed by atoms with van der Waals surface area (Å²) in [5.74, 6) is 2.22. The Morgan fingerprint density at radius 1 is 1.14 bits per heavy atom. The van der Waals surface area contributed by atoms with Crippen molar-refractivity contribution in [1.82, 2.24) is 9.88 Å². The summed E-state index contributed by atoms with van der Waals surface area (Å²) in [6.45, 7) is 4.64. The molecule has 1 N–H and O–H groups in total. The van der Waals surface area contributed by atoms with E-state index in [2.05, 4.69) is 17.2 Å². The third-order valence-corrected chi connectivity index (χ3v) is 5.25. The number of carbonyl (C=O) groups is 1. The maximum absolute atomic E-state index is 12.7. The molecule has 1 saturated heterocycles. The van der Waals surface area contributed by atoms with E-state index in [0.717, 1.165) is 61.6 Å². The highest BCUT2D eigenvalue weighted by atomic mass is 16.5. The zero-order valence-corrected chi connectivity index (χ0v) is 16.9. The first-order valence-electron chi connectivity index (χ1n) is 9.80. The Bertz CT molecular complexity index is 801. The molecule has 1 aromatic carbocycles. The second kappa shape index (κ2) is 9.44. The van der Waals surface area contributed by atoms with Gasteiger partial charge in [0.15, 0.2) is 11.5 Å². The molecule has 28 heavy (non-hydrogen) atoms. The van der Waals surface area contributed by atoms with E-state index in [0.29, 0.717) is 11.5 Å². The zero-order chi connectivity index (χ0) is 19.9. The fourth-order valence-electron chi connectivity index (χ4n) is 3.44. The van der Waals surface area contributed by atoms with Gasteiger partial charge in [-0.3, -0.25) is 9.78 Å². The van der Waals surface area contributed by atoms with Crippen LogP contribution in [-0.4, -0.2) is 49.6 Å². The monoisotopic (exact) mass is 383 g/mol. The molecule has 150 valence electrons. The molecule has 1 fully saturated rings. The van der Waals surface area contributed by atoms with Crippen molar-refractivity contribution in [3.05, 3.63) is 47.8 Å². The highest BCUT2D eigenvalue weighted by molar-refractivity contribution is 5.94. The summed E-state index contributed by atoms with van der Waals surface area (Å²) in [6.07, 6.45) is 6.37. The molecular formula is C22H29N3O3. The number of methoxy groups -OCH3 is 2. The minimum Gasteiger partial charge on any atom is -0.493 e. The standard InChI is InChI=1S/C22H29N3O3/c1-16-7-10-25(11-8-16)22(26)18-13-19(15-23-14-18)24-9-6-17-4-5-20(27-2)21(12-17)28-3/h4-5,12-16,24H,6-11H2,1-3H3. The number of likely N-dealkylation sites (tertiary alicyclic amines) is 1. The van der Waals surface area contributed by atoms with E-state index in [9.17, 15) is 4.79 Å². The number of hydrogen-bond acceptors (Lipinski definition) is 5. The molecule has 1 aromatic heterocycles. The summed E-state index contributed by atoms with van der Waals surface area (Å²) < 4.78 is 10.6. The maximum Gasteiger partial charge on any atom is 0.255 e. The first-order valence-corrected chi connectivity index (χ1v) is 9.80. The van der Waals surface area contributed by atoms with Gasteiger partial charge in [0, 0.05) is 32.0 Å².